The monoisotopic (exact) mass is 521 g/mol. The van der Waals surface area contributed by atoms with E-state index in [4.69, 9.17) is 10.5 Å². The number of nitrogens with two attached hydrogens (primary N) is 1. The number of amides is 2. The van der Waals surface area contributed by atoms with Crippen molar-refractivity contribution in [2.45, 2.75) is 44.4 Å². The Kier molecular flexibility index (Phi) is 7.41. The standard InChI is InChI=1S/C23H25F2N5O3S2/c1-11-4-6-14-17(8-11)35-22(19(14)20(26)32)27-18(31)10-34-23-29-28-21(30(23)3)12(2)33-16-7-5-13(24)9-15(16)25/h5,7,9,11-12H,4,6,8,10H2,1-3H3,(H2,26,32)(H,27,31). The number of carbonyl (C=O) groups excluding carboxylic acids is 2. The van der Waals surface area contributed by atoms with Crippen molar-refractivity contribution in [1.29, 1.82) is 0 Å². The summed E-state index contributed by atoms with van der Waals surface area (Å²) in [5, 5.41) is 12.0. The number of thioether (sulfide) groups is 1. The number of anilines is 1. The first-order valence-electron chi connectivity index (χ1n) is 11.0. The van der Waals surface area contributed by atoms with E-state index >= 15 is 0 Å². The van der Waals surface area contributed by atoms with Gasteiger partial charge in [-0.25, -0.2) is 8.78 Å². The van der Waals surface area contributed by atoms with Gasteiger partial charge in [-0.1, -0.05) is 18.7 Å². The summed E-state index contributed by atoms with van der Waals surface area (Å²) in [5.74, 6) is -1.48. The van der Waals surface area contributed by atoms with Crippen molar-refractivity contribution in [3.63, 3.8) is 0 Å². The van der Waals surface area contributed by atoms with Crippen LogP contribution in [0.2, 0.25) is 0 Å². The fourth-order valence-electron chi connectivity index (χ4n) is 4.01. The first-order valence-corrected chi connectivity index (χ1v) is 12.8. The fraction of sp³-hybridized carbons (Fsp3) is 0.391. The van der Waals surface area contributed by atoms with Gasteiger partial charge in [0.15, 0.2) is 28.7 Å². The van der Waals surface area contributed by atoms with Crippen LogP contribution in [-0.4, -0.2) is 32.3 Å². The first kappa shape index (κ1) is 25.1. The van der Waals surface area contributed by atoms with Crippen LogP contribution in [0, 0.1) is 17.6 Å². The van der Waals surface area contributed by atoms with Crippen LogP contribution in [-0.2, 0) is 24.7 Å². The van der Waals surface area contributed by atoms with Crippen molar-refractivity contribution in [2.75, 3.05) is 11.1 Å². The summed E-state index contributed by atoms with van der Waals surface area (Å²) in [6, 6.07) is 3.06. The maximum absolute atomic E-state index is 13.9. The van der Waals surface area contributed by atoms with Gasteiger partial charge in [0.25, 0.3) is 5.91 Å². The zero-order valence-corrected chi connectivity index (χ0v) is 21.1. The lowest BCUT2D eigenvalue weighted by Crippen LogP contribution is -2.20. The quantitative estimate of drug-likeness (QED) is 0.429. The van der Waals surface area contributed by atoms with E-state index in [1.807, 2.05) is 0 Å². The van der Waals surface area contributed by atoms with E-state index < -0.39 is 23.6 Å². The van der Waals surface area contributed by atoms with E-state index in [9.17, 15) is 18.4 Å². The molecule has 8 nitrogen and oxygen atoms in total. The van der Waals surface area contributed by atoms with E-state index in [0.717, 1.165) is 53.6 Å². The lowest BCUT2D eigenvalue weighted by Gasteiger charge is -2.18. The number of nitrogens with zero attached hydrogens (tertiary/aromatic N) is 3. The number of rotatable bonds is 8. The smallest absolute Gasteiger partial charge is 0.251 e. The van der Waals surface area contributed by atoms with E-state index in [0.29, 0.717) is 27.5 Å². The number of hydrogen-bond acceptors (Lipinski definition) is 7. The van der Waals surface area contributed by atoms with Crippen LogP contribution in [0.1, 0.15) is 53.0 Å². The Hall–Kier alpha value is -2.99. The normalized spacial score (nSPS) is 16.0. The van der Waals surface area contributed by atoms with Gasteiger partial charge in [0.05, 0.1) is 11.3 Å². The van der Waals surface area contributed by atoms with Crippen LogP contribution < -0.4 is 15.8 Å². The molecule has 0 fully saturated rings. The second kappa shape index (κ2) is 10.3. The van der Waals surface area contributed by atoms with Crippen molar-refractivity contribution in [3.05, 3.63) is 51.7 Å². The highest BCUT2D eigenvalue weighted by Gasteiger charge is 2.27. The topological polar surface area (TPSA) is 112 Å². The van der Waals surface area contributed by atoms with Crippen LogP contribution in [0.25, 0.3) is 0 Å². The minimum Gasteiger partial charge on any atom is -0.480 e. The molecule has 3 aromatic rings. The van der Waals surface area contributed by atoms with Gasteiger partial charge in [0.1, 0.15) is 10.8 Å². The molecule has 2 heterocycles. The molecule has 3 N–H and O–H groups in total. The van der Waals surface area contributed by atoms with Gasteiger partial charge in [-0.05, 0) is 49.8 Å². The number of hydrogen-bond donors (Lipinski definition) is 2. The van der Waals surface area contributed by atoms with Crippen LogP contribution in [0.4, 0.5) is 13.8 Å². The van der Waals surface area contributed by atoms with Crippen LogP contribution in [0.15, 0.2) is 23.4 Å². The summed E-state index contributed by atoms with van der Waals surface area (Å²) in [5.41, 5.74) is 6.98. The zero-order chi connectivity index (χ0) is 25.3. The average Bonchev–Trinajstić information content (AvgIpc) is 3.33. The number of carbonyl (C=O) groups is 2. The lowest BCUT2D eigenvalue weighted by molar-refractivity contribution is -0.113. The summed E-state index contributed by atoms with van der Waals surface area (Å²) in [7, 11) is 1.70. The molecule has 4 rings (SSSR count). The molecule has 0 saturated carbocycles. The van der Waals surface area contributed by atoms with Crippen molar-refractivity contribution in [2.24, 2.45) is 18.7 Å². The molecule has 2 atom stereocenters. The molecule has 1 aromatic carbocycles. The third-order valence-electron chi connectivity index (χ3n) is 5.77. The number of ether oxygens (including phenoxy) is 1. The number of thiophene rings is 1. The molecule has 0 saturated heterocycles. The van der Waals surface area contributed by atoms with Crippen LogP contribution in [0.5, 0.6) is 5.75 Å². The summed E-state index contributed by atoms with van der Waals surface area (Å²) < 4.78 is 34.2. The molecule has 2 unspecified atom stereocenters. The molecule has 0 aliphatic heterocycles. The van der Waals surface area contributed by atoms with Crippen molar-refractivity contribution in [3.8, 4) is 5.75 Å². The molecule has 2 amide bonds. The zero-order valence-electron chi connectivity index (χ0n) is 19.4. The summed E-state index contributed by atoms with van der Waals surface area (Å²) in [6.07, 6.45) is 1.96. The van der Waals surface area contributed by atoms with Crippen molar-refractivity contribution in [1.82, 2.24) is 14.8 Å². The molecule has 35 heavy (non-hydrogen) atoms. The van der Waals surface area contributed by atoms with E-state index in [2.05, 4.69) is 22.4 Å². The number of benzene rings is 1. The van der Waals surface area contributed by atoms with E-state index in [1.54, 1.807) is 18.5 Å². The molecule has 12 heteroatoms. The van der Waals surface area contributed by atoms with Gasteiger partial charge in [0, 0.05) is 18.0 Å². The highest BCUT2D eigenvalue weighted by Crippen LogP contribution is 2.39. The molecular weight excluding hydrogens is 496 g/mol. The van der Waals surface area contributed by atoms with Crippen LogP contribution >= 0.6 is 23.1 Å². The lowest BCUT2D eigenvalue weighted by atomic mass is 9.88. The number of primary amides is 1. The SMILES string of the molecule is CC1CCc2c(sc(NC(=O)CSc3nnc(C(C)Oc4ccc(F)cc4F)n3C)c2C(N)=O)C1. The molecular formula is C23H25F2N5O3S2. The summed E-state index contributed by atoms with van der Waals surface area (Å²) >= 11 is 2.57. The third kappa shape index (κ3) is 5.48. The summed E-state index contributed by atoms with van der Waals surface area (Å²) in [6.45, 7) is 3.83. The largest absolute Gasteiger partial charge is 0.480 e. The van der Waals surface area contributed by atoms with Gasteiger partial charge in [0.2, 0.25) is 5.91 Å². The Bertz CT molecular complexity index is 1280. The molecule has 186 valence electrons. The van der Waals surface area contributed by atoms with Gasteiger partial charge in [-0.2, -0.15) is 0 Å². The fourth-order valence-corrected chi connectivity index (χ4v) is 6.16. The molecule has 0 bridgehead atoms. The van der Waals surface area contributed by atoms with E-state index in [-0.39, 0.29) is 17.4 Å². The first-order chi connectivity index (χ1) is 16.6. The van der Waals surface area contributed by atoms with Gasteiger partial charge >= 0.3 is 0 Å². The van der Waals surface area contributed by atoms with Gasteiger partial charge in [-0.15, -0.1) is 21.5 Å². The molecule has 1 aliphatic rings. The van der Waals surface area contributed by atoms with Gasteiger partial charge in [-0.3, -0.25) is 9.59 Å². The Labute approximate surface area is 209 Å². The Morgan fingerprint density at radius 2 is 2.14 bits per heavy atom. The molecule has 1 aliphatic carbocycles. The number of nitrogens with one attached hydrogen (secondary N) is 1. The molecule has 2 aromatic heterocycles. The second-order valence-corrected chi connectivity index (χ2v) is 10.5. The van der Waals surface area contributed by atoms with E-state index in [1.165, 1.54) is 17.4 Å². The second-order valence-electron chi connectivity index (χ2n) is 8.49. The summed E-state index contributed by atoms with van der Waals surface area (Å²) in [4.78, 5) is 25.8. The number of halogens is 2. The third-order valence-corrected chi connectivity index (χ3v) is 7.96. The Morgan fingerprint density at radius 3 is 2.86 bits per heavy atom. The average molecular weight is 522 g/mol. The minimum absolute atomic E-state index is 0.0327. The van der Waals surface area contributed by atoms with Crippen LogP contribution in [0.3, 0.4) is 0 Å². The van der Waals surface area contributed by atoms with Gasteiger partial charge < -0.3 is 20.4 Å². The van der Waals surface area contributed by atoms with Crippen molar-refractivity contribution < 1.29 is 23.1 Å². The minimum atomic E-state index is -0.815. The van der Waals surface area contributed by atoms with Crippen molar-refractivity contribution >= 4 is 39.9 Å². The predicted octanol–water partition coefficient (Wildman–Crippen LogP) is 4.25. The molecule has 0 radical (unpaired) electrons. The number of fused-ring (bicyclic) bond motifs is 1. The Balaban J connectivity index is 1.40. The highest BCUT2D eigenvalue weighted by molar-refractivity contribution is 7.99. The highest BCUT2D eigenvalue weighted by atomic mass is 32.2. The maximum atomic E-state index is 13.9. The maximum Gasteiger partial charge on any atom is 0.251 e. The number of aromatic nitrogens is 3. The Morgan fingerprint density at radius 1 is 1.37 bits per heavy atom. The predicted molar refractivity (Wildman–Crippen MR) is 130 cm³/mol. The molecule has 0 spiro atoms.